The third-order valence-corrected chi connectivity index (χ3v) is 3.86. The summed E-state index contributed by atoms with van der Waals surface area (Å²) in [5.74, 6) is -0.823. The number of ether oxygens (including phenoxy) is 1. The third-order valence-electron chi connectivity index (χ3n) is 2.76. The summed E-state index contributed by atoms with van der Waals surface area (Å²) < 4.78 is 5.18. The van der Waals surface area contributed by atoms with Gasteiger partial charge in [0.1, 0.15) is 0 Å². The van der Waals surface area contributed by atoms with Gasteiger partial charge in [-0.2, -0.15) is 0 Å². The van der Waals surface area contributed by atoms with Crippen molar-refractivity contribution in [3.8, 4) is 0 Å². The molecule has 114 valence electrons. The average molecular weight is 403 g/mol. The first-order valence-corrected chi connectivity index (χ1v) is 7.61. The molecule has 0 saturated heterocycles. The average Bonchev–Trinajstić information content (AvgIpc) is 2.47. The molecule has 1 amide bonds. The van der Waals surface area contributed by atoms with Gasteiger partial charge >= 0.3 is 5.97 Å². The number of benzene rings is 2. The zero-order chi connectivity index (χ0) is 16.3. The Bertz CT molecular complexity index is 729. The number of halogens is 3. The van der Waals surface area contributed by atoms with E-state index in [1.54, 1.807) is 24.3 Å². The van der Waals surface area contributed by atoms with Crippen molar-refractivity contribution in [2.45, 2.75) is 0 Å². The summed E-state index contributed by atoms with van der Waals surface area (Å²) in [6, 6.07) is 9.28. The second-order valence-corrected chi connectivity index (χ2v) is 6.03. The first-order chi connectivity index (χ1) is 10.4. The predicted molar refractivity (Wildman–Crippen MR) is 89.9 cm³/mol. The summed E-state index contributed by atoms with van der Waals surface area (Å²) in [6.45, 7) is 0. The minimum absolute atomic E-state index is 0.335. The molecule has 22 heavy (non-hydrogen) atoms. The predicted octanol–water partition coefficient (Wildman–Crippen LogP) is 4.79. The van der Waals surface area contributed by atoms with Crippen LogP contribution >= 0.6 is 39.1 Å². The molecule has 0 aromatic heterocycles. The van der Waals surface area contributed by atoms with E-state index in [4.69, 9.17) is 23.2 Å². The fourth-order valence-corrected chi connectivity index (χ4v) is 2.74. The maximum Gasteiger partial charge on any atom is 0.337 e. The van der Waals surface area contributed by atoms with Crippen molar-refractivity contribution in [2.75, 3.05) is 12.4 Å². The Morgan fingerprint density at radius 1 is 1.05 bits per heavy atom. The van der Waals surface area contributed by atoms with Crippen LogP contribution in [0.5, 0.6) is 0 Å². The Morgan fingerprint density at radius 3 is 2.23 bits per heavy atom. The van der Waals surface area contributed by atoms with E-state index in [0.717, 1.165) is 0 Å². The van der Waals surface area contributed by atoms with Gasteiger partial charge in [0.2, 0.25) is 0 Å². The molecule has 0 saturated carbocycles. The first-order valence-electron chi connectivity index (χ1n) is 6.06. The van der Waals surface area contributed by atoms with Crippen molar-refractivity contribution < 1.29 is 14.3 Å². The quantitative estimate of drug-likeness (QED) is 0.750. The van der Waals surface area contributed by atoms with E-state index < -0.39 is 5.97 Å². The first kappa shape index (κ1) is 16.8. The molecule has 7 heteroatoms. The lowest BCUT2D eigenvalue weighted by molar-refractivity contribution is 0.0600. The molecule has 2 aromatic carbocycles. The van der Waals surface area contributed by atoms with E-state index in [2.05, 4.69) is 26.0 Å². The van der Waals surface area contributed by atoms with E-state index in [0.29, 0.717) is 31.3 Å². The van der Waals surface area contributed by atoms with Gasteiger partial charge in [0, 0.05) is 20.1 Å². The van der Waals surface area contributed by atoms with Crippen molar-refractivity contribution in [3.63, 3.8) is 0 Å². The van der Waals surface area contributed by atoms with Gasteiger partial charge in [0.25, 0.3) is 5.91 Å². The van der Waals surface area contributed by atoms with Crippen LogP contribution in [0.4, 0.5) is 5.69 Å². The normalized spacial score (nSPS) is 10.2. The van der Waals surface area contributed by atoms with Gasteiger partial charge in [-0.15, -0.1) is 0 Å². The highest BCUT2D eigenvalue weighted by atomic mass is 79.9. The van der Waals surface area contributed by atoms with Crippen molar-refractivity contribution >= 4 is 56.7 Å². The fraction of sp³-hybridized carbons (Fsp3) is 0.0667. The Hall–Kier alpha value is -1.56. The smallest absolute Gasteiger partial charge is 0.337 e. The number of esters is 1. The monoisotopic (exact) mass is 401 g/mol. The zero-order valence-corrected chi connectivity index (χ0v) is 14.4. The van der Waals surface area contributed by atoms with Crippen molar-refractivity contribution in [2.24, 2.45) is 0 Å². The van der Waals surface area contributed by atoms with Gasteiger partial charge in [-0.1, -0.05) is 23.2 Å². The summed E-state index contributed by atoms with van der Waals surface area (Å²) in [5, 5.41) is 3.46. The molecule has 1 N–H and O–H groups in total. The summed E-state index contributed by atoms with van der Waals surface area (Å²) in [7, 11) is 1.30. The number of rotatable bonds is 3. The maximum absolute atomic E-state index is 12.2. The van der Waals surface area contributed by atoms with E-state index in [-0.39, 0.29) is 5.91 Å². The molecular formula is C15H10BrCl2NO3. The Balaban J connectivity index is 2.23. The highest BCUT2D eigenvalue weighted by Gasteiger charge is 2.12. The molecule has 2 rings (SSSR count). The van der Waals surface area contributed by atoms with Crippen LogP contribution in [0, 0.1) is 0 Å². The number of hydrogen-bond donors (Lipinski definition) is 1. The summed E-state index contributed by atoms with van der Waals surface area (Å²) in [6.07, 6.45) is 0. The molecular weight excluding hydrogens is 393 g/mol. The maximum atomic E-state index is 12.2. The lowest BCUT2D eigenvalue weighted by Crippen LogP contribution is -2.12. The number of amides is 1. The standard InChI is InChI=1S/C15H10BrCl2NO3/c1-22-15(21)8-2-3-13(12(16)6-8)19-14(20)9-4-10(17)7-11(18)5-9/h2-7H,1H3,(H,19,20). The highest BCUT2D eigenvalue weighted by molar-refractivity contribution is 9.10. The second-order valence-electron chi connectivity index (χ2n) is 4.30. The number of hydrogen-bond acceptors (Lipinski definition) is 3. The molecule has 0 aliphatic rings. The molecule has 0 bridgehead atoms. The number of anilines is 1. The zero-order valence-electron chi connectivity index (χ0n) is 11.3. The highest BCUT2D eigenvalue weighted by Crippen LogP contribution is 2.25. The van der Waals surface area contributed by atoms with E-state index >= 15 is 0 Å². The largest absolute Gasteiger partial charge is 0.465 e. The summed E-state index contributed by atoms with van der Waals surface area (Å²) in [4.78, 5) is 23.6. The van der Waals surface area contributed by atoms with Crippen LogP contribution in [0.15, 0.2) is 40.9 Å². The number of nitrogens with one attached hydrogen (secondary N) is 1. The molecule has 4 nitrogen and oxygen atoms in total. The number of carbonyl (C=O) groups excluding carboxylic acids is 2. The van der Waals surface area contributed by atoms with Crippen molar-refractivity contribution in [1.29, 1.82) is 0 Å². The molecule has 0 heterocycles. The molecule has 0 radical (unpaired) electrons. The minimum atomic E-state index is -0.458. The van der Waals surface area contributed by atoms with E-state index in [1.807, 2.05) is 0 Å². The van der Waals surface area contributed by atoms with Crippen LogP contribution in [0.3, 0.4) is 0 Å². The summed E-state index contributed by atoms with van der Waals surface area (Å²) in [5.41, 5.74) is 1.22. The molecule has 0 fully saturated rings. The Labute approximate surface area is 145 Å². The van der Waals surface area contributed by atoms with Crippen LogP contribution in [-0.2, 0) is 4.74 Å². The topological polar surface area (TPSA) is 55.4 Å². The van der Waals surface area contributed by atoms with Crippen LogP contribution < -0.4 is 5.32 Å². The number of methoxy groups -OCH3 is 1. The van der Waals surface area contributed by atoms with Crippen LogP contribution in [-0.4, -0.2) is 19.0 Å². The number of carbonyl (C=O) groups is 2. The van der Waals surface area contributed by atoms with Gasteiger partial charge in [-0.25, -0.2) is 4.79 Å². The van der Waals surface area contributed by atoms with Gasteiger partial charge in [0.05, 0.1) is 18.4 Å². The minimum Gasteiger partial charge on any atom is -0.465 e. The molecule has 0 aliphatic heterocycles. The molecule has 0 atom stereocenters. The van der Waals surface area contributed by atoms with Gasteiger partial charge in [0.15, 0.2) is 0 Å². The molecule has 0 unspecified atom stereocenters. The second kappa shape index (κ2) is 7.13. The lowest BCUT2D eigenvalue weighted by Gasteiger charge is -2.09. The van der Waals surface area contributed by atoms with Gasteiger partial charge in [-0.3, -0.25) is 4.79 Å². The van der Waals surface area contributed by atoms with Gasteiger partial charge < -0.3 is 10.1 Å². The van der Waals surface area contributed by atoms with E-state index in [9.17, 15) is 9.59 Å². The summed E-state index contributed by atoms with van der Waals surface area (Å²) >= 11 is 15.0. The lowest BCUT2D eigenvalue weighted by atomic mass is 10.2. The van der Waals surface area contributed by atoms with Crippen LogP contribution in [0.1, 0.15) is 20.7 Å². The molecule has 0 aliphatic carbocycles. The van der Waals surface area contributed by atoms with Crippen LogP contribution in [0.2, 0.25) is 10.0 Å². The van der Waals surface area contributed by atoms with Crippen LogP contribution in [0.25, 0.3) is 0 Å². The van der Waals surface area contributed by atoms with Crippen molar-refractivity contribution in [1.82, 2.24) is 0 Å². The van der Waals surface area contributed by atoms with Gasteiger partial charge in [-0.05, 0) is 52.3 Å². The SMILES string of the molecule is COC(=O)c1ccc(NC(=O)c2cc(Cl)cc(Cl)c2)c(Br)c1. The third kappa shape index (κ3) is 4.00. The van der Waals surface area contributed by atoms with Crippen molar-refractivity contribution in [3.05, 3.63) is 62.0 Å². The Morgan fingerprint density at radius 2 is 1.68 bits per heavy atom. The molecule has 2 aromatic rings. The Kier molecular flexibility index (Phi) is 5.45. The molecule has 0 spiro atoms. The van der Waals surface area contributed by atoms with E-state index in [1.165, 1.54) is 19.2 Å². The fourth-order valence-electron chi connectivity index (χ4n) is 1.74.